The molecule has 0 radical (unpaired) electrons. The number of nitrogens with one attached hydrogen (secondary N) is 1. The zero-order valence-corrected chi connectivity index (χ0v) is 8.34. The van der Waals surface area contributed by atoms with Crippen molar-refractivity contribution < 1.29 is 18.0 Å². The number of allylic oxidation sites excluding steroid dienone is 1. The van der Waals surface area contributed by atoms with Gasteiger partial charge in [-0.1, -0.05) is 11.9 Å². The highest BCUT2D eigenvalue weighted by Crippen LogP contribution is 2.44. The van der Waals surface area contributed by atoms with Gasteiger partial charge in [0.15, 0.2) is 0 Å². The van der Waals surface area contributed by atoms with Crippen molar-refractivity contribution in [3.8, 4) is 0 Å². The van der Waals surface area contributed by atoms with Crippen LogP contribution in [0.5, 0.6) is 0 Å². The maximum absolute atomic E-state index is 12.4. The number of hydrogen-bond donors (Lipinski definition) is 1. The third-order valence-electron chi connectivity index (χ3n) is 1.83. The first-order valence-corrected chi connectivity index (χ1v) is 5.29. The molecule has 1 amide bonds. The van der Waals surface area contributed by atoms with Gasteiger partial charge in [0.05, 0.1) is 0 Å². The van der Waals surface area contributed by atoms with Gasteiger partial charge in [-0.25, -0.2) is 0 Å². The number of hydrogen-bond acceptors (Lipinski definition) is 2. The summed E-state index contributed by atoms with van der Waals surface area (Å²) < 4.78 is 39.3. The van der Waals surface area contributed by atoms with Crippen LogP contribution < -0.4 is 4.72 Å². The lowest BCUT2D eigenvalue weighted by Gasteiger charge is -2.09. The van der Waals surface area contributed by atoms with Crippen LogP contribution in [0.25, 0.3) is 0 Å². The maximum Gasteiger partial charge on any atom is 0.413 e. The molecule has 0 aliphatic heterocycles. The van der Waals surface area contributed by atoms with E-state index in [-0.39, 0.29) is 0 Å². The van der Waals surface area contributed by atoms with Crippen LogP contribution >= 0.6 is 11.9 Å². The summed E-state index contributed by atoms with van der Waals surface area (Å²) >= 11 is 0.983. The van der Waals surface area contributed by atoms with E-state index in [4.69, 9.17) is 0 Å². The van der Waals surface area contributed by atoms with E-state index in [0.717, 1.165) is 11.9 Å². The van der Waals surface area contributed by atoms with Crippen molar-refractivity contribution in [1.29, 1.82) is 0 Å². The van der Waals surface area contributed by atoms with E-state index in [0.29, 0.717) is 18.9 Å². The number of alkyl halides is 3. The fourth-order valence-electron chi connectivity index (χ4n) is 1.10. The normalized spacial score (nSPS) is 18.1. The molecule has 0 aromatic rings. The van der Waals surface area contributed by atoms with E-state index < -0.39 is 23.6 Å². The van der Waals surface area contributed by atoms with Crippen LogP contribution in [-0.2, 0) is 4.79 Å². The molecule has 14 heavy (non-hydrogen) atoms. The van der Waals surface area contributed by atoms with Gasteiger partial charge in [-0.3, -0.25) is 9.52 Å². The van der Waals surface area contributed by atoms with Crippen LogP contribution in [0.1, 0.15) is 12.8 Å². The number of amides is 1. The van der Waals surface area contributed by atoms with Crippen LogP contribution in [0.2, 0.25) is 0 Å². The fourth-order valence-corrected chi connectivity index (χ4v) is 1.36. The van der Waals surface area contributed by atoms with E-state index in [1.165, 1.54) is 0 Å². The molecule has 0 saturated heterocycles. The molecule has 1 saturated carbocycles. The number of halogens is 3. The van der Waals surface area contributed by atoms with E-state index >= 15 is 0 Å². The Labute approximate surface area is 84.1 Å². The summed E-state index contributed by atoms with van der Waals surface area (Å²) in [7, 11) is 0. The van der Waals surface area contributed by atoms with Gasteiger partial charge in [-0.2, -0.15) is 13.2 Å². The van der Waals surface area contributed by atoms with Gasteiger partial charge in [-0.15, -0.1) is 0 Å². The van der Waals surface area contributed by atoms with Crippen molar-refractivity contribution in [2.75, 3.05) is 6.26 Å². The standard InChI is InChI=1S/C8H10F3NOS/c1-14-12-7(13)4-6(5-2-3-5)8(9,10)11/h4-5H,2-3H2,1H3,(H,12,13)/b6-4+. The first kappa shape index (κ1) is 11.4. The fraction of sp³-hybridized carbons (Fsp3) is 0.625. The largest absolute Gasteiger partial charge is 0.413 e. The molecule has 1 aliphatic carbocycles. The van der Waals surface area contributed by atoms with Gasteiger partial charge in [0, 0.05) is 17.9 Å². The minimum atomic E-state index is -4.38. The summed E-state index contributed by atoms with van der Waals surface area (Å²) in [5.74, 6) is -1.17. The zero-order chi connectivity index (χ0) is 10.8. The number of carbonyl (C=O) groups is 1. The summed E-state index contributed by atoms with van der Waals surface area (Å²) in [6.45, 7) is 0. The first-order valence-electron chi connectivity index (χ1n) is 4.07. The van der Waals surface area contributed by atoms with Gasteiger partial charge in [0.1, 0.15) is 0 Å². The topological polar surface area (TPSA) is 29.1 Å². The molecule has 0 spiro atoms. The van der Waals surface area contributed by atoms with Crippen molar-refractivity contribution in [2.45, 2.75) is 19.0 Å². The molecule has 0 unspecified atom stereocenters. The van der Waals surface area contributed by atoms with E-state index in [1.54, 1.807) is 6.26 Å². The lowest BCUT2D eigenvalue weighted by Crippen LogP contribution is -2.19. The zero-order valence-electron chi connectivity index (χ0n) is 7.52. The molecular formula is C8H10F3NOS. The third kappa shape index (κ3) is 3.25. The molecule has 2 nitrogen and oxygen atoms in total. The predicted molar refractivity (Wildman–Crippen MR) is 48.5 cm³/mol. The van der Waals surface area contributed by atoms with Crippen LogP contribution in [0.4, 0.5) is 13.2 Å². The monoisotopic (exact) mass is 225 g/mol. The number of carbonyl (C=O) groups excluding carboxylic acids is 1. The van der Waals surface area contributed by atoms with Gasteiger partial charge < -0.3 is 0 Å². The third-order valence-corrected chi connectivity index (χ3v) is 2.24. The Kier molecular flexibility index (Phi) is 3.47. The maximum atomic E-state index is 12.4. The molecule has 80 valence electrons. The Morgan fingerprint density at radius 1 is 1.50 bits per heavy atom. The molecule has 0 aromatic heterocycles. The Morgan fingerprint density at radius 3 is 2.43 bits per heavy atom. The Balaban J connectivity index is 2.71. The first-order chi connectivity index (χ1) is 6.45. The Morgan fingerprint density at radius 2 is 2.07 bits per heavy atom. The molecule has 0 aromatic carbocycles. The molecule has 0 heterocycles. The minimum Gasteiger partial charge on any atom is -0.297 e. The van der Waals surface area contributed by atoms with E-state index in [9.17, 15) is 18.0 Å². The average molecular weight is 225 g/mol. The van der Waals surface area contributed by atoms with Crippen LogP contribution in [0, 0.1) is 5.92 Å². The molecule has 1 N–H and O–H groups in total. The van der Waals surface area contributed by atoms with Crippen LogP contribution in [0.3, 0.4) is 0 Å². The van der Waals surface area contributed by atoms with Gasteiger partial charge in [-0.05, 0) is 18.8 Å². The van der Waals surface area contributed by atoms with Crippen molar-refractivity contribution in [2.24, 2.45) is 5.92 Å². The highest BCUT2D eigenvalue weighted by Gasteiger charge is 2.43. The summed E-state index contributed by atoms with van der Waals surface area (Å²) in [5.41, 5.74) is -0.705. The minimum absolute atomic E-state index is 0.470. The van der Waals surface area contributed by atoms with Crippen molar-refractivity contribution in [1.82, 2.24) is 4.72 Å². The number of rotatable bonds is 3. The Hall–Kier alpha value is -0.650. The second-order valence-electron chi connectivity index (χ2n) is 3.04. The average Bonchev–Trinajstić information content (AvgIpc) is 2.81. The van der Waals surface area contributed by atoms with Gasteiger partial charge in [0.25, 0.3) is 5.91 Å². The van der Waals surface area contributed by atoms with Crippen LogP contribution in [0.15, 0.2) is 11.6 Å². The molecule has 0 bridgehead atoms. The summed E-state index contributed by atoms with van der Waals surface area (Å²) in [5, 5.41) is 0. The molecule has 0 atom stereocenters. The SMILES string of the molecule is CSNC(=O)/C=C(\C1CC1)C(F)(F)F. The Bertz CT molecular complexity index is 258. The highest BCUT2D eigenvalue weighted by atomic mass is 32.2. The summed E-state index contributed by atoms with van der Waals surface area (Å²) in [6.07, 6.45) is -1.09. The summed E-state index contributed by atoms with van der Waals surface area (Å²) in [6, 6.07) is 0. The molecule has 1 aliphatic rings. The molecule has 1 fully saturated rings. The lowest BCUT2D eigenvalue weighted by molar-refractivity contribution is -0.116. The predicted octanol–water partition coefficient (Wildman–Crippen LogP) is 2.28. The second-order valence-corrected chi connectivity index (χ2v) is 3.65. The molecule has 1 rings (SSSR count). The quantitative estimate of drug-likeness (QED) is 0.589. The van der Waals surface area contributed by atoms with Gasteiger partial charge >= 0.3 is 6.18 Å². The van der Waals surface area contributed by atoms with Crippen molar-refractivity contribution in [3.63, 3.8) is 0 Å². The lowest BCUT2D eigenvalue weighted by atomic mass is 10.1. The van der Waals surface area contributed by atoms with Crippen molar-refractivity contribution >= 4 is 17.9 Å². The second kappa shape index (κ2) is 4.25. The molecule has 6 heteroatoms. The van der Waals surface area contributed by atoms with E-state index in [1.807, 2.05) is 0 Å². The molecular weight excluding hydrogens is 215 g/mol. The van der Waals surface area contributed by atoms with Crippen LogP contribution in [-0.4, -0.2) is 18.3 Å². The summed E-state index contributed by atoms with van der Waals surface area (Å²) in [4.78, 5) is 10.9. The van der Waals surface area contributed by atoms with Crippen molar-refractivity contribution in [3.05, 3.63) is 11.6 Å². The highest BCUT2D eigenvalue weighted by molar-refractivity contribution is 7.97. The smallest absolute Gasteiger partial charge is 0.297 e. The van der Waals surface area contributed by atoms with E-state index in [2.05, 4.69) is 4.72 Å². The van der Waals surface area contributed by atoms with Gasteiger partial charge in [0.2, 0.25) is 0 Å².